The summed E-state index contributed by atoms with van der Waals surface area (Å²) in [5.74, 6) is -1.13. The van der Waals surface area contributed by atoms with Gasteiger partial charge >= 0.3 is 11.9 Å². The average molecular weight is 427 g/mol. The van der Waals surface area contributed by atoms with Gasteiger partial charge in [0.25, 0.3) is 0 Å². The Bertz CT molecular complexity index is 862. The fourth-order valence-electron chi connectivity index (χ4n) is 4.01. The van der Waals surface area contributed by atoms with Gasteiger partial charge in [-0.3, -0.25) is 4.48 Å². The molecule has 1 fully saturated rings. The van der Waals surface area contributed by atoms with E-state index in [0.717, 1.165) is 25.7 Å². The third-order valence-electron chi connectivity index (χ3n) is 5.96. The Kier molecular flexibility index (Phi) is 7.46. The molecule has 0 saturated heterocycles. The molecule has 0 heterocycles. The monoisotopic (exact) mass is 426 g/mol. The predicted molar refractivity (Wildman–Crippen MR) is 117 cm³/mol. The largest absolute Gasteiger partial charge is 0.457 e. The number of carbonyl (C=O) groups excluding carboxylic acids is 2. The molecular formula is C25H32NO5+. The van der Waals surface area contributed by atoms with Crippen LogP contribution in [0, 0.1) is 5.92 Å². The van der Waals surface area contributed by atoms with Gasteiger partial charge in [0.05, 0.1) is 19.7 Å². The Morgan fingerprint density at radius 3 is 2.16 bits per heavy atom. The molecule has 6 nitrogen and oxygen atoms in total. The molecule has 0 radical (unpaired) electrons. The van der Waals surface area contributed by atoms with Crippen molar-refractivity contribution < 1.29 is 28.7 Å². The third-order valence-corrected chi connectivity index (χ3v) is 5.96. The number of hydrogen-bond donors (Lipinski definition) is 1. The molecule has 31 heavy (non-hydrogen) atoms. The van der Waals surface area contributed by atoms with Gasteiger partial charge in [-0.15, -0.1) is 0 Å². The summed E-state index contributed by atoms with van der Waals surface area (Å²) in [6, 6.07) is 17.9. The summed E-state index contributed by atoms with van der Waals surface area (Å²) in [5, 5.41) is 11.4. The van der Waals surface area contributed by atoms with Crippen LogP contribution < -0.4 is 0 Å². The van der Waals surface area contributed by atoms with E-state index in [2.05, 4.69) is 0 Å². The summed E-state index contributed by atoms with van der Waals surface area (Å²) in [7, 11) is 3.79. The Balaban J connectivity index is 1.56. The summed E-state index contributed by atoms with van der Waals surface area (Å²) < 4.78 is 11.3. The quantitative estimate of drug-likeness (QED) is 0.377. The first-order valence-corrected chi connectivity index (χ1v) is 10.8. The van der Waals surface area contributed by atoms with E-state index in [-0.39, 0.29) is 25.2 Å². The fourth-order valence-corrected chi connectivity index (χ4v) is 4.01. The van der Waals surface area contributed by atoms with Crippen LogP contribution >= 0.6 is 0 Å². The molecule has 166 valence electrons. The molecule has 6 heteroatoms. The molecule has 1 aliphatic carbocycles. The van der Waals surface area contributed by atoms with Crippen LogP contribution in [0.25, 0.3) is 0 Å². The van der Waals surface area contributed by atoms with Crippen LogP contribution in [0.2, 0.25) is 0 Å². The van der Waals surface area contributed by atoms with E-state index in [1.54, 1.807) is 36.4 Å². The SMILES string of the molecule is C[N+](C)(CCOC(=O)[C@](O)(c1ccccc1)C1CCCC1)COC(=O)c1ccccc1. The first-order chi connectivity index (χ1) is 14.8. The van der Waals surface area contributed by atoms with Crippen LogP contribution in [-0.2, 0) is 19.9 Å². The van der Waals surface area contributed by atoms with Crippen molar-refractivity contribution in [2.75, 3.05) is 34.0 Å². The lowest BCUT2D eigenvalue weighted by Gasteiger charge is -2.33. The molecule has 2 aromatic carbocycles. The zero-order chi connectivity index (χ0) is 22.3. The van der Waals surface area contributed by atoms with Gasteiger partial charge in [-0.2, -0.15) is 0 Å². The smallest absolute Gasteiger partial charge is 0.343 e. The van der Waals surface area contributed by atoms with Crippen molar-refractivity contribution in [2.24, 2.45) is 5.92 Å². The third kappa shape index (κ3) is 5.71. The summed E-state index contributed by atoms with van der Waals surface area (Å²) in [6.45, 7) is 0.719. The highest BCUT2D eigenvalue weighted by Gasteiger charge is 2.47. The fraction of sp³-hybridized carbons (Fsp3) is 0.440. The van der Waals surface area contributed by atoms with Crippen LogP contribution in [0.5, 0.6) is 0 Å². The van der Waals surface area contributed by atoms with Gasteiger partial charge < -0.3 is 14.6 Å². The van der Waals surface area contributed by atoms with Crippen molar-refractivity contribution in [3.8, 4) is 0 Å². The molecule has 3 rings (SSSR count). The summed E-state index contributed by atoms with van der Waals surface area (Å²) in [6.07, 6.45) is 3.61. The second kappa shape index (κ2) is 10.1. The number of benzene rings is 2. The number of ether oxygens (including phenoxy) is 2. The highest BCUT2D eigenvalue weighted by molar-refractivity contribution is 5.89. The molecule has 0 aliphatic heterocycles. The van der Waals surface area contributed by atoms with Gasteiger partial charge in [-0.05, 0) is 30.5 Å². The van der Waals surface area contributed by atoms with Gasteiger partial charge in [-0.1, -0.05) is 61.4 Å². The summed E-state index contributed by atoms with van der Waals surface area (Å²) >= 11 is 0. The highest BCUT2D eigenvalue weighted by atomic mass is 16.6. The van der Waals surface area contributed by atoms with E-state index in [1.807, 2.05) is 38.4 Å². The number of quaternary nitrogens is 1. The normalized spacial score (nSPS) is 16.5. The number of carbonyl (C=O) groups is 2. The lowest BCUT2D eigenvalue weighted by molar-refractivity contribution is -0.907. The summed E-state index contributed by atoms with van der Waals surface area (Å²) in [4.78, 5) is 25.2. The van der Waals surface area contributed by atoms with E-state index >= 15 is 0 Å². The maximum Gasteiger partial charge on any atom is 0.343 e. The number of aliphatic hydroxyl groups is 1. The lowest BCUT2D eigenvalue weighted by Crippen LogP contribution is -2.47. The van der Waals surface area contributed by atoms with Crippen molar-refractivity contribution in [3.05, 3.63) is 71.8 Å². The lowest BCUT2D eigenvalue weighted by atomic mass is 9.80. The van der Waals surface area contributed by atoms with Crippen LogP contribution in [0.3, 0.4) is 0 Å². The molecule has 1 atom stereocenters. The standard InChI is InChI=1S/C25H32NO5/c1-26(2,19-31-23(27)20-11-5-3-6-12-20)17-18-30-24(28)25(29,22-15-9-10-16-22)21-13-7-4-8-14-21/h3-8,11-14,22,29H,9-10,15-19H2,1-2H3/q+1/t25-/m0/s1. The first-order valence-electron chi connectivity index (χ1n) is 10.8. The van der Waals surface area contributed by atoms with Gasteiger partial charge in [0.2, 0.25) is 6.73 Å². The molecular weight excluding hydrogens is 394 g/mol. The number of hydrogen-bond acceptors (Lipinski definition) is 5. The van der Waals surface area contributed by atoms with E-state index in [9.17, 15) is 14.7 Å². The number of esters is 2. The van der Waals surface area contributed by atoms with Gasteiger partial charge in [0.15, 0.2) is 5.60 Å². The Hall–Kier alpha value is -2.70. The molecule has 1 N–H and O–H groups in total. The maximum absolute atomic E-state index is 13.0. The first kappa shape index (κ1) is 23.0. The zero-order valence-electron chi connectivity index (χ0n) is 18.3. The average Bonchev–Trinajstić information content (AvgIpc) is 3.33. The Morgan fingerprint density at radius 1 is 0.968 bits per heavy atom. The minimum absolute atomic E-state index is 0.122. The van der Waals surface area contributed by atoms with Gasteiger partial charge in [0.1, 0.15) is 13.2 Å². The molecule has 1 saturated carbocycles. The zero-order valence-corrected chi connectivity index (χ0v) is 18.3. The number of likely N-dealkylation sites (N-methyl/N-ethyl adjacent to an activating group) is 1. The molecule has 0 unspecified atom stereocenters. The maximum atomic E-state index is 13.0. The molecule has 0 aromatic heterocycles. The molecule has 0 bridgehead atoms. The predicted octanol–water partition coefficient (Wildman–Crippen LogP) is 3.50. The Labute approximate surface area is 184 Å². The molecule has 2 aromatic rings. The van der Waals surface area contributed by atoms with E-state index in [4.69, 9.17) is 9.47 Å². The van der Waals surface area contributed by atoms with Crippen molar-refractivity contribution in [3.63, 3.8) is 0 Å². The van der Waals surface area contributed by atoms with Crippen LogP contribution in [0.1, 0.15) is 41.6 Å². The van der Waals surface area contributed by atoms with Gasteiger partial charge in [-0.25, -0.2) is 9.59 Å². The molecule has 0 amide bonds. The van der Waals surface area contributed by atoms with Crippen molar-refractivity contribution in [1.29, 1.82) is 0 Å². The van der Waals surface area contributed by atoms with Crippen molar-refractivity contribution in [1.82, 2.24) is 0 Å². The van der Waals surface area contributed by atoms with Gasteiger partial charge in [0, 0.05) is 5.92 Å². The molecule has 0 spiro atoms. The Morgan fingerprint density at radius 2 is 1.55 bits per heavy atom. The number of rotatable bonds is 9. The second-order valence-corrected chi connectivity index (χ2v) is 8.84. The van der Waals surface area contributed by atoms with Crippen LogP contribution in [0.4, 0.5) is 0 Å². The second-order valence-electron chi connectivity index (χ2n) is 8.84. The minimum atomic E-state index is -1.63. The van der Waals surface area contributed by atoms with E-state index in [1.165, 1.54) is 0 Å². The van der Waals surface area contributed by atoms with E-state index < -0.39 is 11.6 Å². The minimum Gasteiger partial charge on any atom is -0.457 e. The number of nitrogens with zero attached hydrogens (tertiary/aromatic N) is 1. The molecule has 1 aliphatic rings. The highest BCUT2D eigenvalue weighted by Crippen LogP contribution is 2.41. The van der Waals surface area contributed by atoms with Crippen molar-refractivity contribution >= 4 is 11.9 Å². The summed E-state index contributed by atoms with van der Waals surface area (Å²) in [5.41, 5.74) is -0.551. The van der Waals surface area contributed by atoms with Crippen LogP contribution in [-0.4, -0.2) is 55.5 Å². The van der Waals surface area contributed by atoms with Crippen LogP contribution in [0.15, 0.2) is 60.7 Å². The van der Waals surface area contributed by atoms with Crippen molar-refractivity contribution in [2.45, 2.75) is 31.3 Å². The topological polar surface area (TPSA) is 72.8 Å². The van der Waals surface area contributed by atoms with E-state index in [0.29, 0.717) is 22.2 Å².